The number of aryl methyl sites for hydroxylation is 2. The molecular weight excluding hydrogens is 486 g/mol. The number of fused-ring (bicyclic) bond motifs is 1. The van der Waals surface area contributed by atoms with E-state index in [0.29, 0.717) is 0 Å². The number of thiophene rings is 1. The van der Waals surface area contributed by atoms with Crippen LogP contribution in [0.2, 0.25) is 0 Å². The monoisotopic (exact) mass is 511 g/mol. The lowest BCUT2D eigenvalue weighted by atomic mass is 10.0. The third kappa shape index (κ3) is 4.10. The van der Waals surface area contributed by atoms with Gasteiger partial charge in [0, 0.05) is 30.0 Å². The van der Waals surface area contributed by atoms with Crippen molar-refractivity contribution in [1.29, 1.82) is 0 Å². The molecule has 0 bridgehead atoms. The normalized spacial score (nSPS) is 14.1. The lowest BCUT2D eigenvalue weighted by molar-refractivity contribution is -0.132. The van der Waals surface area contributed by atoms with Crippen LogP contribution in [0.25, 0.3) is 16.8 Å². The molecule has 36 heavy (non-hydrogen) atoms. The molecule has 0 radical (unpaired) electrons. The molecule has 0 N–H and O–H groups in total. The average molecular weight is 512 g/mol. The summed E-state index contributed by atoms with van der Waals surface area (Å²) in [6.07, 6.45) is 1.66. The third-order valence-corrected chi connectivity index (χ3v) is 7.98. The number of nitrogens with zero attached hydrogens (tertiary/aromatic N) is 3. The van der Waals surface area contributed by atoms with E-state index < -0.39 is 11.8 Å². The lowest BCUT2D eigenvalue weighted by Gasteiger charge is -2.31. The highest BCUT2D eigenvalue weighted by molar-refractivity contribution is 7.80. The van der Waals surface area contributed by atoms with Gasteiger partial charge in [-0.3, -0.25) is 19.4 Å². The molecule has 1 aromatic heterocycles. The van der Waals surface area contributed by atoms with E-state index in [9.17, 15) is 9.59 Å². The van der Waals surface area contributed by atoms with Crippen molar-refractivity contribution in [1.82, 2.24) is 9.80 Å². The van der Waals surface area contributed by atoms with Crippen LogP contribution in [0.3, 0.4) is 0 Å². The largest absolute Gasteiger partial charge is 0.301 e. The number of benzene rings is 3. The van der Waals surface area contributed by atoms with Crippen LogP contribution < -0.4 is 4.90 Å². The second-order valence-electron chi connectivity index (χ2n) is 8.86. The summed E-state index contributed by atoms with van der Waals surface area (Å²) in [5, 5.41) is 3.53. The molecule has 2 heterocycles. The van der Waals surface area contributed by atoms with Gasteiger partial charge in [0.1, 0.15) is 10.6 Å². The second kappa shape index (κ2) is 9.33. The van der Waals surface area contributed by atoms with Gasteiger partial charge >= 0.3 is 0 Å². The fourth-order valence-electron chi connectivity index (χ4n) is 4.36. The number of carbonyl (C=O) groups is 2. The summed E-state index contributed by atoms with van der Waals surface area (Å²) in [6, 6.07) is 25.1. The molecule has 1 fully saturated rings. The molecule has 5 nitrogen and oxygen atoms in total. The Kier molecular flexibility index (Phi) is 6.20. The summed E-state index contributed by atoms with van der Waals surface area (Å²) in [7, 11) is 3.17. The van der Waals surface area contributed by atoms with Crippen LogP contribution in [0.5, 0.6) is 0 Å². The van der Waals surface area contributed by atoms with E-state index in [1.165, 1.54) is 37.6 Å². The summed E-state index contributed by atoms with van der Waals surface area (Å²) in [6.45, 7) is 4.19. The van der Waals surface area contributed by atoms with E-state index in [2.05, 4.69) is 79.4 Å². The second-order valence-corrected chi connectivity index (χ2v) is 10.3. The molecule has 3 aromatic carbocycles. The summed E-state index contributed by atoms with van der Waals surface area (Å²) in [5.41, 5.74) is 4.60. The Morgan fingerprint density at radius 3 is 2.11 bits per heavy atom. The number of hydrogen-bond donors (Lipinski definition) is 0. The highest BCUT2D eigenvalue weighted by Crippen LogP contribution is 2.43. The zero-order chi connectivity index (χ0) is 25.6. The molecular formula is C29H25N3O2S2. The van der Waals surface area contributed by atoms with Crippen molar-refractivity contribution in [3.05, 3.63) is 94.4 Å². The van der Waals surface area contributed by atoms with Crippen LogP contribution in [-0.2, 0) is 9.59 Å². The summed E-state index contributed by atoms with van der Waals surface area (Å²) in [4.78, 5) is 31.3. The van der Waals surface area contributed by atoms with E-state index in [-0.39, 0.29) is 10.7 Å². The zero-order valence-electron chi connectivity index (χ0n) is 20.5. The van der Waals surface area contributed by atoms with E-state index in [4.69, 9.17) is 12.2 Å². The van der Waals surface area contributed by atoms with Gasteiger partial charge in [0.05, 0.1) is 5.69 Å². The predicted octanol–water partition coefficient (Wildman–Crippen LogP) is 6.59. The van der Waals surface area contributed by atoms with Gasteiger partial charge in [-0.15, -0.1) is 11.3 Å². The van der Waals surface area contributed by atoms with E-state index in [1.54, 1.807) is 20.2 Å². The number of carbonyl (C=O) groups excluding carboxylic acids is 2. The molecule has 1 saturated heterocycles. The van der Waals surface area contributed by atoms with Crippen molar-refractivity contribution in [2.75, 3.05) is 19.0 Å². The minimum Gasteiger partial charge on any atom is -0.301 e. The van der Waals surface area contributed by atoms with Gasteiger partial charge in [-0.1, -0.05) is 48.0 Å². The van der Waals surface area contributed by atoms with Crippen LogP contribution in [0.4, 0.5) is 16.4 Å². The van der Waals surface area contributed by atoms with Gasteiger partial charge in [0.25, 0.3) is 11.8 Å². The van der Waals surface area contributed by atoms with Gasteiger partial charge in [-0.05, 0) is 73.4 Å². The molecule has 0 saturated carbocycles. The molecule has 180 valence electrons. The van der Waals surface area contributed by atoms with Crippen LogP contribution in [0.15, 0.2) is 78.4 Å². The molecule has 1 aliphatic heterocycles. The first-order chi connectivity index (χ1) is 17.3. The molecule has 0 aliphatic carbocycles. The first-order valence-electron chi connectivity index (χ1n) is 11.5. The fourth-order valence-corrected chi connectivity index (χ4v) is 5.52. The predicted molar refractivity (Wildman–Crippen MR) is 152 cm³/mol. The first-order valence-corrected chi connectivity index (χ1v) is 12.8. The molecule has 0 spiro atoms. The van der Waals surface area contributed by atoms with Gasteiger partial charge in [0.15, 0.2) is 5.11 Å². The van der Waals surface area contributed by atoms with Crippen LogP contribution in [0.1, 0.15) is 16.0 Å². The molecule has 0 atom stereocenters. The van der Waals surface area contributed by atoms with Crippen molar-refractivity contribution in [2.45, 2.75) is 13.8 Å². The maximum absolute atomic E-state index is 12.8. The minimum absolute atomic E-state index is 0.102. The maximum Gasteiger partial charge on any atom is 0.265 e. The standard InChI is InChI=1S/C29H25N3O2S2/c1-18-9-12-20(13-10-18)32(25-15-11-19(2)22-7-5-6-8-23(22)25)26-16-14-21(36-26)17-24-27(33)30(3)29(35)31(4)28(24)34/h5-17H,1-4H3. The van der Waals surface area contributed by atoms with E-state index in [0.717, 1.165) is 26.6 Å². The Morgan fingerprint density at radius 2 is 1.44 bits per heavy atom. The number of amides is 2. The van der Waals surface area contributed by atoms with Crippen LogP contribution >= 0.6 is 23.6 Å². The van der Waals surface area contributed by atoms with Crippen molar-refractivity contribution >= 4 is 73.7 Å². The first kappa shape index (κ1) is 23.9. The molecule has 5 rings (SSSR count). The summed E-state index contributed by atoms with van der Waals surface area (Å²) < 4.78 is 0. The maximum atomic E-state index is 12.8. The van der Waals surface area contributed by atoms with Gasteiger partial charge in [-0.25, -0.2) is 0 Å². The Labute approximate surface area is 219 Å². The summed E-state index contributed by atoms with van der Waals surface area (Å²) >= 11 is 6.73. The Morgan fingerprint density at radius 1 is 0.806 bits per heavy atom. The number of likely N-dealkylation sites (N-methyl/N-ethyl adjacent to an activating group) is 2. The van der Waals surface area contributed by atoms with Crippen molar-refractivity contribution in [3.8, 4) is 0 Å². The highest BCUT2D eigenvalue weighted by atomic mass is 32.1. The number of anilines is 3. The Bertz CT molecular complexity index is 1530. The highest BCUT2D eigenvalue weighted by Gasteiger charge is 2.35. The topological polar surface area (TPSA) is 43.9 Å². The lowest BCUT2D eigenvalue weighted by Crippen LogP contribution is -2.52. The SMILES string of the molecule is Cc1ccc(N(c2ccc(C=C3C(=O)N(C)C(=S)N(C)C3=O)s2)c2ccc(C)c3ccccc23)cc1. The number of thiocarbonyl (C=S) groups is 1. The third-order valence-electron chi connectivity index (χ3n) is 6.42. The molecule has 0 unspecified atom stereocenters. The Hall–Kier alpha value is -3.81. The smallest absolute Gasteiger partial charge is 0.265 e. The Balaban J connectivity index is 1.63. The fraction of sp³-hybridized carbons (Fsp3) is 0.138. The van der Waals surface area contributed by atoms with Gasteiger partial charge < -0.3 is 4.90 Å². The van der Waals surface area contributed by atoms with Crippen LogP contribution in [0, 0.1) is 13.8 Å². The summed E-state index contributed by atoms with van der Waals surface area (Å²) in [5.74, 6) is -0.782. The van der Waals surface area contributed by atoms with E-state index in [1.807, 2.05) is 12.1 Å². The molecule has 4 aromatic rings. The van der Waals surface area contributed by atoms with Gasteiger partial charge in [-0.2, -0.15) is 0 Å². The quantitative estimate of drug-likeness (QED) is 0.176. The van der Waals surface area contributed by atoms with Gasteiger partial charge in [0.2, 0.25) is 0 Å². The van der Waals surface area contributed by atoms with Crippen molar-refractivity contribution in [2.24, 2.45) is 0 Å². The van der Waals surface area contributed by atoms with Crippen molar-refractivity contribution < 1.29 is 9.59 Å². The number of rotatable bonds is 4. The van der Waals surface area contributed by atoms with Crippen molar-refractivity contribution in [3.63, 3.8) is 0 Å². The zero-order valence-corrected chi connectivity index (χ0v) is 22.1. The molecule has 7 heteroatoms. The molecule has 1 aliphatic rings. The minimum atomic E-state index is -0.391. The number of hydrogen-bond acceptors (Lipinski definition) is 5. The molecule has 2 amide bonds. The van der Waals surface area contributed by atoms with Crippen LogP contribution in [-0.4, -0.2) is 40.8 Å². The van der Waals surface area contributed by atoms with E-state index >= 15 is 0 Å². The average Bonchev–Trinajstić information content (AvgIpc) is 3.35.